The van der Waals surface area contributed by atoms with Crippen LogP contribution in [0.2, 0.25) is 0 Å². The number of likely N-dealkylation sites (N-methyl/N-ethyl adjacent to an activating group) is 1. The van der Waals surface area contributed by atoms with Crippen molar-refractivity contribution in [3.05, 3.63) is 30.3 Å². The van der Waals surface area contributed by atoms with Gasteiger partial charge in [0.25, 0.3) is 5.91 Å². The monoisotopic (exact) mass is 304 g/mol. The maximum atomic E-state index is 13.5. The third-order valence-corrected chi connectivity index (χ3v) is 3.66. The van der Waals surface area contributed by atoms with Gasteiger partial charge < -0.3 is 14.5 Å². The molecule has 6 nitrogen and oxygen atoms in total. The van der Waals surface area contributed by atoms with Crippen molar-refractivity contribution in [2.75, 3.05) is 38.7 Å². The first-order valence-electron chi connectivity index (χ1n) is 7.04. The molecule has 1 atom stereocenters. The van der Waals surface area contributed by atoms with Gasteiger partial charge in [0, 0.05) is 26.0 Å². The lowest BCUT2D eigenvalue weighted by molar-refractivity contribution is -0.141. The maximum absolute atomic E-state index is 13.5. The zero-order valence-corrected chi connectivity index (χ0v) is 12.5. The van der Waals surface area contributed by atoms with Gasteiger partial charge in [-0.15, -0.1) is 0 Å². The molecule has 1 unspecified atom stereocenters. The summed E-state index contributed by atoms with van der Waals surface area (Å²) in [7, 11) is 3.39. The molecule has 116 valence electrons. The zero-order chi connectivity index (χ0) is 15.7. The first-order valence-corrected chi connectivity index (χ1v) is 7.04. The van der Waals surface area contributed by atoms with Gasteiger partial charge in [-0.25, -0.2) is 14.4 Å². The second-order valence-corrected chi connectivity index (χ2v) is 5.40. The normalized spacial score (nSPS) is 18.5. The lowest BCUT2D eigenvalue weighted by Gasteiger charge is -2.34. The summed E-state index contributed by atoms with van der Waals surface area (Å²) in [6.07, 6.45) is 0.913. The van der Waals surface area contributed by atoms with Crippen LogP contribution in [-0.4, -0.2) is 60.7 Å². The summed E-state index contributed by atoms with van der Waals surface area (Å²) in [4.78, 5) is 24.0. The zero-order valence-electron chi connectivity index (χ0n) is 12.5. The quantitative estimate of drug-likeness (QED) is 0.830. The highest BCUT2D eigenvalue weighted by atomic mass is 19.1. The fourth-order valence-corrected chi connectivity index (χ4v) is 2.55. The van der Waals surface area contributed by atoms with Crippen LogP contribution in [0.3, 0.4) is 0 Å². The van der Waals surface area contributed by atoms with E-state index in [0.29, 0.717) is 36.4 Å². The van der Waals surface area contributed by atoms with Gasteiger partial charge in [0.2, 0.25) is 0 Å². The molecule has 1 aliphatic heterocycles. The van der Waals surface area contributed by atoms with Crippen LogP contribution >= 0.6 is 0 Å². The Hall–Kier alpha value is -2.28. The highest BCUT2D eigenvalue weighted by Gasteiger charge is 2.29. The molecule has 1 aliphatic rings. The Kier molecular flexibility index (Phi) is 3.89. The largest absolute Gasteiger partial charge is 0.365 e. The average Bonchev–Trinajstić information content (AvgIpc) is 2.53. The Balaban J connectivity index is 1.93. The second kappa shape index (κ2) is 5.84. The predicted octanol–water partition coefficient (Wildman–Crippen LogP) is 1.06. The number of hydrogen-bond donors (Lipinski definition) is 0. The number of carbonyl (C=O) groups excluding carboxylic acids is 1. The first-order chi connectivity index (χ1) is 10.6. The molecule has 7 heteroatoms. The molecule has 1 aromatic carbocycles. The number of anilines is 1. The molecule has 2 aromatic rings. The van der Waals surface area contributed by atoms with Crippen LogP contribution in [0, 0.1) is 5.82 Å². The van der Waals surface area contributed by atoms with Crippen molar-refractivity contribution in [2.45, 2.75) is 6.10 Å². The number of hydrogen-bond acceptors (Lipinski definition) is 5. The number of ether oxygens (including phenoxy) is 1. The van der Waals surface area contributed by atoms with E-state index in [1.54, 1.807) is 20.2 Å². The molecule has 0 spiro atoms. The van der Waals surface area contributed by atoms with Gasteiger partial charge in [0.05, 0.1) is 18.7 Å². The number of amides is 1. The van der Waals surface area contributed by atoms with Gasteiger partial charge in [-0.2, -0.15) is 0 Å². The molecule has 0 bridgehead atoms. The summed E-state index contributed by atoms with van der Waals surface area (Å²) in [5.74, 6) is 0.205. The highest BCUT2D eigenvalue weighted by molar-refractivity contribution is 5.90. The lowest BCUT2D eigenvalue weighted by Crippen LogP contribution is -2.49. The van der Waals surface area contributed by atoms with Gasteiger partial charge >= 0.3 is 0 Å². The van der Waals surface area contributed by atoms with Crippen molar-refractivity contribution in [1.29, 1.82) is 0 Å². The summed E-state index contributed by atoms with van der Waals surface area (Å²) < 4.78 is 19.1. The van der Waals surface area contributed by atoms with Gasteiger partial charge in [-0.3, -0.25) is 4.79 Å². The minimum Gasteiger partial charge on any atom is -0.365 e. The van der Waals surface area contributed by atoms with Crippen LogP contribution in [0.1, 0.15) is 0 Å². The van der Waals surface area contributed by atoms with Gasteiger partial charge in [-0.1, -0.05) is 0 Å². The molecular weight excluding hydrogens is 287 g/mol. The van der Waals surface area contributed by atoms with Crippen molar-refractivity contribution >= 4 is 22.6 Å². The number of morpholine rings is 1. The second-order valence-electron chi connectivity index (χ2n) is 5.40. The molecule has 0 aliphatic carbocycles. The van der Waals surface area contributed by atoms with Crippen molar-refractivity contribution in [2.24, 2.45) is 0 Å². The maximum Gasteiger partial charge on any atom is 0.253 e. The smallest absolute Gasteiger partial charge is 0.253 e. The minimum atomic E-state index is -0.540. The molecule has 22 heavy (non-hydrogen) atoms. The fraction of sp³-hybridized carbons (Fsp3) is 0.400. The summed E-state index contributed by atoms with van der Waals surface area (Å²) in [5.41, 5.74) is 0.674. The third-order valence-electron chi connectivity index (χ3n) is 3.66. The molecule has 0 N–H and O–H groups in total. The molecule has 0 saturated carbocycles. The number of aromatic nitrogens is 2. The standard InChI is InChI=1S/C15H17FN4O2/c1-19(2)15(21)13-8-20(5-6-22-13)14-11-7-10(16)3-4-12(11)17-9-18-14/h3-4,7,9,13H,5-6,8H2,1-2H3. The van der Waals surface area contributed by atoms with Crippen molar-refractivity contribution in [3.8, 4) is 0 Å². The number of benzene rings is 1. The summed E-state index contributed by atoms with van der Waals surface area (Å²) in [6, 6.07) is 4.42. The molecule has 1 fully saturated rings. The van der Waals surface area contributed by atoms with E-state index in [0.717, 1.165) is 0 Å². The van der Waals surface area contributed by atoms with Gasteiger partial charge in [-0.05, 0) is 18.2 Å². The molecule has 3 rings (SSSR count). The lowest BCUT2D eigenvalue weighted by atomic mass is 10.2. The summed E-state index contributed by atoms with van der Waals surface area (Å²) in [5, 5.41) is 0.639. The SMILES string of the molecule is CN(C)C(=O)C1CN(c2ncnc3ccc(F)cc23)CCO1. The topological polar surface area (TPSA) is 58.6 Å². The number of rotatable bonds is 2. The van der Waals surface area contributed by atoms with E-state index >= 15 is 0 Å². The van der Waals surface area contributed by atoms with Gasteiger partial charge in [0.1, 0.15) is 18.0 Å². The molecule has 0 radical (unpaired) electrons. The number of halogens is 1. The Morgan fingerprint density at radius 2 is 2.23 bits per heavy atom. The van der Waals surface area contributed by atoms with Crippen LogP contribution in [0.5, 0.6) is 0 Å². The van der Waals surface area contributed by atoms with Crippen molar-refractivity contribution < 1.29 is 13.9 Å². The molecule has 1 amide bonds. The molecular formula is C15H17FN4O2. The van der Waals surface area contributed by atoms with E-state index in [4.69, 9.17) is 4.74 Å². The highest BCUT2D eigenvalue weighted by Crippen LogP contribution is 2.25. The van der Waals surface area contributed by atoms with Crippen molar-refractivity contribution in [3.63, 3.8) is 0 Å². The number of nitrogens with zero attached hydrogens (tertiary/aromatic N) is 4. The van der Waals surface area contributed by atoms with Crippen LogP contribution < -0.4 is 4.90 Å². The summed E-state index contributed by atoms with van der Waals surface area (Å²) in [6.45, 7) is 1.41. The average molecular weight is 304 g/mol. The van der Waals surface area contributed by atoms with Crippen LogP contribution in [0.15, 0.2) is 24.5 Å². The third kappa shape index (κ3) is 2.71. The predicted molar refractivity (Wildman–Crippen MR) is 80.1 cm³/mol. The fourth-order valence-electron chi connectivity index (χ4n) is 2.55. The molecule has 2 heterocycles. The minimum absolute atomic E-state index is 0.0887. The van der Waals surface area contributed by atoms with E-state index < -0.39 is 6.10 Å². The first kappa shape index (κ1) is 14.6. The Morgan fingerprint density at radius 3 is 3.00 bits per heavy atom. The van der Waals surface area contributed by atoms with Gasteiger partial charge in [0.15, 0.2) is 6.10 Å². The summed E-state index contributed by atoms with van der Waals surface area (Å²) >= 11 is 0. The number of fused-ring (bicyclic) bond motifs is 1. The Morgan fingerprint density at radius 1 is 1.41 bits per heavy atom. The van der Waals surface area contributed by atoms with E-state index in [-0.39, 0.29) is 11.7 Å². The molecule has 1 aromatic heterocycles. The van der Waals surface area contributed by atoms with E-state index in [1.807, 2.05) is 4.90 Å². The van der Waals surface area contributed by atoms with Crippen LogP contribution in [0.25, 0.3) is 10.9 Å². The molecule has 1 saturated heterocycles. The van der Waals surface area contributed by atoms with Crippen LogP contribution in [-0.2, 0) is 9.53 Å². The van der Waals surface area contributed by atoms with E-state index in [9.17, 15) is 9.18 Å². The van der Waals surface area contributed by atoms with E-state index in [2.05, 4.69) is 9.97 Å². The Bertz CT molecular complexity index is 707. The number of carbonyl (C=O) groups is 1. The van der Waals surface area contributed by atoms with E-state index in [1.165, 1.54) is 23.4 Å². The van der Waals surface area contributed by atoms with Crippen molar-refractivity contribution in [1.82, 2.24) is 14.9 Å². The van der Waals surface area contributed by atoms with Crippen LogP contribution in [0.4, 0.5) is 10.2 Å². The Labute approximate surface area is 127 Å².